The van der Waals surface area contributed by atoms with Crippen molar-refractivity contribution < 1.29 is 0 Å². The SMILES string of the molecule is C=CNC=NCc1ccc(Cl)nc1. The summed E-state index contributed by atoms with van der Waals surface area (Å²) in [5.41, 5.74) is 1.02. The van der Waals surface area contributed by atoms with E-state index in [0.29, 0.717) is 11.7 Å². The monoisotopic (exact) mass is 195 g/mol. The Bertz CT molecular complexity index is 292. The first-order valence-corrected chi connectivity index (χ1v) is 4.16. The minimum atomic E-state index is 0.497. The Morgan fingerprint density at radius 2 is 2.46 bits per heavy atom. The summed E-state index contributed by atoms with van der Waals surface area (Å²) in [6, 6.07) is 3.63. The number of rotatable bonds is 4. The lowest BCUT2D eigenvalue weighted by Crippen LogP contribution is -1.99. The fourth-order valence-corrected chi connectivity index (χ4v) is 0.868. The zero-order chi connectivity index (χ0) is 9.52. The molecule has 0 radical (unpaired) electrons. The van der Waals surface area contributed by atoms with Gasteiger partial charge in [-0.3, -0.25) is 4.99 Å². The third-order valence-corrected chi connectivity index (χ3v) is 1.57. The van der Waals surface area contributed by atoms with Crippen LogP contribution in [0.15, 0.2) is 36.1 Å². The highest BCUT2D eigenvalue weighted by atomic mass is 35.5. The molecular formula is C9H10ClN3. The smallest absolute Gasteiger partial charge is 0.129 e. The van der Waals surface area contributed by atoms with Crippen molar-refractivity contribution in [1.82, 2.24) is 10.3 Å². The molecule has 0 unspecified atom stereocenters. The molecule has 0 spiro atoms. The van der Waals surface area contributed by atoms with E-state index < -0.39 is 0 Å². The Kier molecular flexibility index (Phi) is 3.99. The maximum Gasteiger partial charge on any atom is 0.129 e. The van der Waals surface area contributed by atoms with Crippen LogP contribution in [0.3, 0.4) is 0 Å². The molecule has 0 aliphatic heterocycles. The number of hydrogen-bond acceptors (Lipinski definition) is 2. The molecule has 4 heteroatoms. The van der Waals surface area contributed by atoms with E-state index in [1.807, 2.05) is 6.07 Å². The molecule has 1 aromatic heterocycles. The maximum absolute atomic E-state index is 5.62. The lowest BCUT2D eigenvalue weighted by molar-refractivity contribution is 1.04. The Balaban J connectivity index is 2.45. The van der Waals surface area contributed by atoms with Gasteiger partial charge >= 0.3 is 0 Å². The van der Waals surface area contributed by atoms with Crippen LogP contribution in [-0.4, -0.2) is 11.3 Å². The molecule has 0 aliphatic carbocycles. The van der Waals surface area contributed by atoms with Crippen molar-refractivity contribution >= 4 is 17.9 Å². The van der Waals surface area contributed by atoms with E-state index in [9.17, 15) is 0 Å². The summed E-state index contributed by atoms with van der Waals surface area (Å²) in [5, 5.41) is 3.25. The van der Waals surface area contributed by atoms with Gasteiger partial charge < -0.3 is 5.32 Å². The Hall–Kier alpha value is -1.35. The maximum atomic E-state index is 5.62. The molecule has 0 aliphatic rings. The van der Waals surface area contributed by atoms with Gasteiger partial charge in [0.05, 0.1) is 12.9 Å². The Morgan fingerprint density at radius 1 is 1.62 bits per heavy atom. The first-order valence-electron chi connectivity index (χ1n) is 3.78. The van der Waals surface area contributed by atoms with Crippen LogP contribution in [0, 0.1) is 0 Å². The van der Waals surface area contributed by atoms with Crippen molar-refractivity contribution in [3.63, 3.8) is 0 Å². The number of halogens is 1. The highest BCUT2D eigenvalue weighted by Crippen LogP contribution is 2.05. The lowest BCUT2D eigenvalue weighted by Gasteiger charge is -1.95. The molecule has 0 bridgehead atoms. The number of nitrogens with one attached hydrogen (secondary N) is 1. The van der Waals surface area contributed by atoms with E-state index in [1.54, 1.807) is 24.8 Å². The van der Waals surface area contributed by atoms with Crippen molar-refractivity contribution in [2.24, 2.45) is 4.99 Å². The van der Waals surface area contributed by atoms with Gasteiger partial charge in [-0.15, -0.1) is 0 Å². The van der Waals surface area contributed by atoms with Gasteiger partial charge in [-0.2, -0.15) is 0 Å². The normalized spacial score (nSPS) is 10.2. The van der Waals surface area contributed by atoms with E-state index >= 15 is 0 Å². The topological polar surface area (TPSA) is 37.3 Å². The van der Waals surface area contributed by atoms with Gasteiger partial charge in [0.25, 0.3) is 0 Å². The molecule has 0 saturated carbocycles. The van der Waals surface area contributed by atoms with Gasteiger partial charge in [0, 0.05) is 6.20 Å². The van der Waals surface area contributed by atoms with Crippen LogP contribution in [0.5, 0.6) is 0 Å². The summed E-state index contributed by atoms with van der Waals surface area (Å²) in [6.45, 7) is 4.07. The molecule has 1 heterocycles. The van der Waals surface area contributed by atoms with Gasteiger partial charge in [-0.1, -0.05) is 24.2 Å². The summed E-state index contributed by atoms with van der Waals surface area (Å²) in [7, 11) is 0. The molecule has 0 fully saturated rings. The zero-order valence-electron chi connectivity index (χ0n) is 7.07. The summed E-state index contributed by atoms with van der Waals surface area (Å²) >= 11 is 5.62. The van der Waals surface area contributed by atoms with Crippen LogP contribution in [0.4, 0.5) is 0 Å². The average molecular weight is 196 g/mol. The first-order chi connectivity index (χ1) is 6.33. The van der Waals surface area contributed by atoms with Crippen LogP contribution in [0.1, 0.15) is 5.56 Å². The third-order valence-electron chi connectivity index (χ3n) is 1.35. The van der Waals surface area contributed by atoms with Crippen molar-refractivity contribution in [3.05, 3.63) is 41.8 Å². The summed E-state index contributed by atoms with van der Waals surface area (Å²) in [4.78, 5) is 8.00. The molecule has 1 aromatic rings. The van der Waals surface area contributed by atoms with Crippen LogP contribution in [0.2, 0.25) is 5.15 Å². The van der Waals surface area contributed by atoms with E-state index in [0.717, 1.165) is 5.56 Å². The first kappa shape index (κ1) is 9.74. The van der Waals surface area contributed by atoms with E-state index in [1.165, 1.54) is 0 Å². The van der Waals surface area contributed by atoms with E-state index in [-0.39, 0.29) is 0 Å². The molecular weight excluding hydrogens is 186 g/mol. The molecule has 1 rings (SSSR count). The number of aromatic nitrogens is 1. The highest BCUT2D eigenvalue weighted by molar-refractivity contribution is 6.29. The molecule has 1 N–H and O–H groups in total. The number of pyridine rings is 1. The van der Waals surface area contributed by atoms with E-state index in [2.05, 4.69) is 21.9 Å². The fourth-order valence-electron chi connectivity index (χ4n) is 0.756. The van der Waals surface area contributed by atoms with E-state index in [4.69, 9.17) is 11.6 Å². The van der Waals surface area contributed by atoms with Crippen LogP contribution in [-0.2, 0) is 6.54 Å². The van der Waals surface area contributed by atoms with Gasteiger partial charge in [0.2, 0.25) is 0 Å². The number of aliphatic imine (C=N–C) groups is 1. The van der Waals surface area contributed by atoms with Gasteiger partial charge in [-0.05, 0) is 17.8 Å². The van der Waals surface area contributed by atoms with Crippen LogP contribution < -0.4 is 5.32 Å². The standard InChI is InChI=1S/C9H10ClN3/c1-2-11-7-12-5-8-3-4-9(10)13-6-8/h2-4,6-7H,1,5H2,(H,11,12). The minimum absolute atomic E-state index is 0.497. The van der Waals surface area contributed by atoms with Crippen molar-refractivity contribution in [2.45, 2.75) is 6.54 Å². The van der Waals surface area contributed by atoms with Crippen LogP contribution >= 0.6 is 11.6 Å². The molecule has 3 nitrogen and oxygen atoms in total. The number of hydrogen-bond donors (Lipinski definition) is 1. The second-order valence-electron chi connectivity index (χ2n) is 2.33. The van der Waals surface area contributed by atoms with Gasteiger partial charge in [0.1, 0.15) is 5.15 Å². The molecule has 0 saturated heterocycles. The largest absolute Gasteiger partial charge is 0.354 e. The summed E-state index contributed by atoms with van der Waals surface area (Å²) in [6.07, 6.45) is 4.85. The summed E-state index contributed by atoms with van der Waals surface area (Å²) in [5.74, 6) is 0. The van der Waals surface area contributed by atoms with Crippen molar-refractivity contribution in [3.8, 4) is 0 Å². The predicted molar refractivity (Wildman–Crippen MR) is 54.8 cm³/mol. The van der Waals surface area contributed by atoms with Gasteiger partial charge in [0.15, 0.2) is 0 Å². The second kappa shape index (κ2) is 5.32. The number of nitrogens with zero attached hydrogens (tertiary/aromatic N) is 2. The minimum Gasteiger partial charge on any atom is -0.354 e. The Labute approximate surface area is 82.2 Å². The third kappa shape index (κ3) is 3.71. The molecule has 13 heavy (non-hydrogen) atoms. The average Bonchev–Trinajstić information content (AvgIpc) is 2.15. The molecule has 0 atom stereocenters. The van der Waals surface area contributed by atoms with Crippen LogP contribution in [0.25, 0.3) is 0 Å². The van der Waals surface area contributed by atoms with Crippen molar-refractivity contribution in [2.75, 3.05) is 0 Å². The lowest BCUT2D eigenvalue weighted by atomic mass is 10.3. The zero-order valence-corrected chi connectivity index (χ0v) is 7.83. The predicted octanol–water partition coefficient (Wildman–Crippen LogP) is 2.00. The fraction of sp³-hybridized carbons (Fsp3) is 0.111. The molecule has 0 aromatic carbocycles. The highest BCUT2D eigenvalue weighted by Gasteiger charge is 1.90. The molecule has 0 amide bonds. The second-order valence-corrected chi connectivity index (χ2v) is 2.72. The van der Waals surface area contributed by atoms with Crippen molar-refractivity contribution in [1.29, 1.82) is 0 Å². The Morgan fingerprint density at radius 3 is 3.08 bits per heavy atom. The quantitative estimate of drug-likeness (QED) is 0.453. The van der Waals surface area contributed by atoms with Gasteiger partial charge in [-0.25, -0.2) is 4.98 Å². The summed E-state index contributed by atoms with van der Waals surface area (Å²) < 4.78 is 0. The molecule has 68 valence electrons.